The van der Waals surface area contributed by atoms with Gasteiger partial charge < -0.3 is 31.7 Å². The molecule has 16 heteroatoms. The lowest BCUT2D eigenvalue weighted by atomic mass is 10.1. The Morgan fingerprint density at radius 1 is 0.650 bits per heavy atom. The minimum Gasteiger partial charge on any atom is -0.477 e. The molecule has 0 saturated heterocycles. The van der Waals surface area contributed by atoms with Crippen LogP contribution in [0.4, 0.5) is 20.4 Å². The van der Waals surface area contributed by atoms with Crippen molar-refractivity contribution in [1.82, 2.24) is 30.6 Å². The molecule has 0 radical (unpaired) electrons. The Kier molecular flexibility index (Phi) is 16.2. The van der Waals surface area contributed by atoms with Crippen LogP contribution >= 0.6 is 0 Å². The Morgan fingerprint density at radius 3 is 1.55 bits per heavy atom. The van der Waals surface area contributed by atoms with Crippen molar-refractivity contribution in [1.29, 1.82) is 10.8 Å². The number of aromatic nitrogens is 4. The summed E-state index contributed by atoms with van der Waals surface area (Å²) in [6, 6.07) is 26.3. The van der Waals surface area contributed by atoms with Gasteiger partial charge in [-0.15, -0.1) is 0 Å². The third-order valence-electron chi connectivity index (χ3n) is 8.62. The Hall–Kier alpha value is -7.62. The van der Waals surface area contributed by atoms with Crippen LogP contribution in [-0.2, 0) is 30.7 Å². The van der Waals surface area contributed by atoms with Crippen molar-refractivity contribution in [3.05, 3.63) is 178 Å². The van der Waals surface area contributed by atoms with Crippen LogP contribution in [-0.4, -0.2) is 63.2 Å². The first-order valence-electron chi connectivity index (χ1n) is 19.0. The maximum Gasteiger partial charge on any atom is 0.255 e. The lowest BCUT2D eigenvalue weighted by Gasteiger charge is -2.14. The summed E-state index contributed by atoms with van der Waals surface area (Å²) in [5.74, 6) is -0.824. The van der Waals surface area contributed by atoms with Crippen molar-refractivity contribution < 1.29 is 23.1 Å². The summed E-state index contributed by atoms with van der Waals surface area (Å²) in [7, 11) is 0. The first kappa shape index (κ1) is 43.5. The minimum atomic E-state index is -0.315. The summed E-state index contributed by atoms with van der Waals surface area (Å²) < 4.78 is 31.9. The van der Waals surface area contributed by atoms with E-state index in [1.165, 1.54) is 30.3 Å². The molecule has 0 unspecified atom stereocenters. The molecule has 6 rings (SSSR count). The molecule has 0 aliphatic rings. The second-order valence-electron chi connectivity index (χ2n) is 13.1. The van der Waals surface area contributed by atoms with Crippen LogP contribution in [0.25, 0.3) is 0 Å². The van der Waals surface area contributed by atoms with Crippen LogP contribution < -0.4 is 27.0 Å². The maximum atomic E-state index is 13.4. The average molecular weight is 814 g/mol. The number of nitrogens with zero attached hydrogens (tertiary/aromatic N) is 4. The Balaban J connectivity index is 0.000000228. The fourth-order valence-corrected chi connectivity index (χ4v) is 5.64. The molecule has 308 valence electrons. The van der Waals surface area contributed by atoms with Crippen molar-refractivity contribution >= 4 is 35.2 Å². The summed E-state index contributed by atoms with van der Waals surface area (Å²) >= 11 is 0. The standard InChI is InChI=1S/C23H24FN5O2.C21H21FN6O/c1-2-31-21(25)20-9-8-19(23(30)28-15-17-6-4-11-26-14-17)22(29-20)27-12-10-16-5-3-7-18(24)13-16;22-16-5-1-3-14(11-16)8-10-26-20-17(6-7-18(28-20)19(23)24)21(29)27-13-15-4-2-9-25-12-15/h3-9,11,13-14,25H,2,10,12,15H2,1H3,(H,27,29)(H,28,30);1-7,9,11-12H,8,10,13H2,(H3,23,24)(H,26,28)(H,27,29). The van der Waals surface area contributed by atoms with Crippen LogP contribution in [0.2, 0.25) is 0 Å². The van der Waals surface area contributed by atoms with Crippen molar-refractivity contribution in [2.45, 2.75) is 32.9 Å². The number of carbonyl (C=O) groups is 2. The SMILES string of the molecule is CCOC(=N)c1ccc(C(=O)NCc2cccnc2)c(NCCc2cccc(F)c2)n1.N=C(N)c1ccc(C(=O)NCc2cccnc2)c(NCCc2cccc(F)c2)n1. The van der Waals surface area contributed by atoms with Gasteiger partial charge >= 0.3 is 0 Å². The molecule has 0 aliphatic carbocycles. The molecule has 2 amide bonds. The number of carbonyl (C=O) groups excluding carboxylic acids is 2. The molecule has 0 aliphatic heterocycles. The van der Waals surface area contributed by atoms with Gasteiger partial charge in [0.2, 0.25) is 5.90 Å². The summed E-state index contributed by atoms with van der Waals surface area (Å²) in [6.45, 7) is 3.64. The van der Waals surface area contributed by atoms with Gasteiger partial charge in [0, 0.05) is 51.0 Å². The second-order valence-corrected chi connectivity index (χ2v) is 13.1. The number of hydrogen-bond acceptors (Lipinski definition) is 11. The first-order valence-corrected chi connectivity index (χ1v) is 19.0. The van der Waals surface area contributed by atoms with Crippen molar-refractivity contribution in [2.75, 3.05) is 30.3 Å². The quantitative estimate of drug-likeness (QED) is 0.0418. The third kappa shape index (κ3) is 13.5. The molecule has 0 saturated carbocycles. The first-order chi connectivity index (χ1) is 29.1. The van der Waals surface area contributed by atoms with E-state index in [4.69, 9.17) is 21.3 Å². The molecule has 4 heterocycles. The fourth-order valence-electron chi connectivity index (χ4n) is 5.64. The van der Waals surface area contributed by atoms with Gasteiger partial charge in [0.25, 0.3) is 11.8 Å². The number of nitrogen functional groups attached to an aromatic ring is 1. The Labute approximate surface area is 346 Å². The van der Waals surface area contributed by atoms with E-state index in [-0.39, 0.29) is 40.9 Å². The largest absolute Gasteiger partial charge is 0.477 e. The molecule has 0 fully saturated rings. The predicted molar refractivity (Wildman–Crippen MR) is 226 cm³/mol. The topological polar surface area (TPSA) is 217 Å². The summed E-state index contributed by atoms with van der Waals surface area (Å²) in [4.78, 5) is 42.2. The van der Waals surface area contributed by atoms with Gasteiger partial charge in [-0.25, -0.2) is 18.7 Å². The van der Waals surface area contributed by atoms with Gasteiger partial charge in [0.1, 0.15) is 40.5 Å². The zero-order valence-electron chi connectivity index (χ0n) is 32.8. The molecule has 8 N–H and O–H groups in total. The predicted octanol–water partition coefficient (Wildman–Crippen LogP) is 6.05. The van der Waals surface area contributed by atoms with E-state index in [9.17, 15) is 18.4 Å². The third-order valence-corrected chi connectivity index (χ3v) is 8.62. The number of amidine groups is 1. The summed E-state index contributed by atoms with van der Waals surface area (Å²) in [5, 5.41) is 27.5. The minimum absolute atomic E-state index is 0.0713. The normalized spacial score (nSPS) is 10.4. The smallest absolute Gasteiger partial charge is 0.255 e. The molecule has 4 aromatic heterocycles. The summed E-state index contributed by atoms with van der Waals surface area (Å²) in [6.07, 6.45) is 7.78. The number of anilines is 2. The number of rotatable bonds is 17. The number of ether oxygens (including phenoxy) is 1. The highest BCUT2D eigenvalue weighted by Gasteiger charge is 2.17. The van der Waals surface area contributed by atoms with Crippen LogP contribution in [0.15, 0.2) is 122 Å². The number of benzene rings is 2. The number of hydrogen-bond donors (Lipinski definition) is 7. The Bertz CT molecular complexity index is 2390. The van der Waals surface area contributed by atoms with E-state index in [1.54, 1.807) is 74.2 Å². The van der Waals surface area contributed by atoms with Crippen molar-refractivity contribution in [2.24, 2.45) is 5.73 Å². The number of nitrogens with two attached hydrogens (primary N) is 1. The monoisotopic (exact) mass is 813 g/mol. The number of amides is 2. The molecule has 14 nitrogen and oxygen atoms in total. The van der Waals surface area contributed by atoms with Gasteiger partial charge in [-0.2, -0.15) is 0 Å². The fraction of sp³-hybridized carbons (Fsp3) is 0.182. The zero-order valence-corrected chi connectivity index (χ0v) is 32.8. The molecular formula is C44H45F2N11O3. The van der Waals surface area contributed by atoms with Crippen LogP contribution in [0, 0.1) is 22.5 Å². The van der Waals surface area contributed by atoms with Gasteiger partial charge in [-0.3, -0.25) is 30.4 Å². The van der Waals surface area contributed by atoms with E-state index in [0.29, 0.717) is 74.1 Å². The van der Waals surface area contributed by atoms with Gasteiger partial charge in [-0.05, 0) is 103 Å². The van der Waals surface area contributed by atoms with E-state index in [2.05, 4.69) is 41.2 Å². The molecule has 6 aromatic rings. The van der Waals surface area contributed by atoms with Gasteiger partial charge in [0.15, 0.2) is 0 Å². The molecule has 0 bridgehead atoms. The van der Waals surface area contributed by atoms with Gasteiger partial charge in [0.05, 0.1) is 17.7 Å². The van der Waals surface area contributed by atoms with E-state index in [0.717, 1.165) is 22.3 Å². The highest BCUT2D eigenvalue weighted by molar-refractivity contribution is 6.01. The molecule has 0 atom stereocenters. The van der Waals surface area contributed by atoms with E-state index in [1.807, 2.05) is 24.3 Å². The lowest BCUT2D eigenvalue weighted by Crippen LogP contribution is -2.25. The van der Waals surface area contributed by atoms with Crippen LogP contribution in [0.5, 0.6) is 0 Å². The molecule has 60 heavy (non-hydrogen) atoms. The Morgan fingerprint density at radius 2 is 1.12 bits per heavy atom. The molecule has 2 aromatic carbocycles. The number of pyridine rings is 4. The number of nitrogens with one attached hydrogen (secondary N) is 6. The average Bonchev–Trinajstić information content (AvgIpc) is 3.26. The van der Waals surface area contributed by atoms with Crippen molar-refractivity contribution in [3.63, 3.8) is 0 Å². The lowest BCUT2D eigenvalue weighted by molar-refractivity contribution is 0.0943. The molecule has 0 spiro atoms. The van der Waals surface area contributed by atoms with Crippen molar-refractivity contribution in [3.8, 4) is 0 Å². The zero-order chi connectivity index (χ0) is 42.7. The molecular weight excluding hydrogens is 769 g/mol. The van der Waals surface area contributed by atoms with E-state index < -0.39 is 0 Å². The summed E-state index contributed by atoms with van der Waals surface area (Å²) in [5.41, 5.74) is 10.2. The van der Waals surface area contributed by atoms with Crippen LogP contribution in [0.3, 0.4) is 0 Å². The van der Waals surface area contributed by atoms with Crippen LogP contribution in [0.1, 0.15) is 61.3 Å². The second kappa shape index (κ2) is 22.4. The number of halogens is 2. The van der Waals surface area contributed by atoms with E-state index >= 15 is 0 Å². The maximum absolute atomic E-state index is 13.4. The highest BCUT2D eigenvalue weighted by atomic mass is 19.1. The van der Waals surface area contributed by atoms with Gasteiger partial charge in [-0.1, -0.05) is 36.4 Å². The highest BCUT2D eigenvalue weighted by Crippen LogP contribution is 2.17.